The molecule has 0 atom stereocenters. The second-order valence-corrected chi connectivity index (χ2v) is 9.63. The van der Waals surface area contributed by atoms with Crippen LogP contribution in [0.1, 0.15) is 16.1 Å². The third-order valence-corrected chi connectivity index (χ3v) is 7.12. The number of carbonyl (C=O) groups is 1. The molecule has 0 saturated carbocycles. The van der Waals surface area contributed by atoms with Gasteiger partial charge in [0.15, 0.2) is 4.96 Å². The van der Waals surface area contributed by atoms with Crippen molar-refractivity contribution in [2.45, 2.75) is 6.54 Å². The van der Waals surface area contributed by atoms with Crippen LogP contribution in [0.25, 0.3) is 16.2 Å². The smallest absolute Gasteiger partial charge is 0.269 e. The number of hydrogen-bond acceptors (Lipinski definition) is 6. The zero-order valence-corrected chi connectivity index (χ0v) is 20.0. The van der Waals surface area contributed by atoms with Gasteiger partial charge < -0.3 is 4.90 Å². The second kappa shape index (κ2) is 9.05. The Labute approximate surface area is 202 Å². The molecule has 0 unspecified atom stereocenters. The maximum atomic E-state index is 12.8. The summed E-state index contributed by atoms with van der Waals surface area (Å²) in [7, 11) is 0. The fourth-order valence-corrected chi connectivity index (χ4v) is 5.05. The number of piperazine rings is 1. The molecule has 8 nitrogen and oxygen atoms in total. The Morgan fingerprint density at radius 1 is 1.06 bits per heavy atom. The summed E-state index contributed by atoms with van der Waals surface area (Å²) < 4.78 is 3.04. The maximum absolute atomic E-state index is 12.8. The first kappa shape index (κ1) is 21.7. The number of imidazole rings is 1. The van der Waals surface area contributed by atoms with Gasteiger partial charge in [-0.3, -0.25) is 24.2 Å². The Bertz CT molecular complexity index is 1310. The number of thiazole rings is 1. The third kappa shape index (κ3) is 4.41. The van der Waals surface area contributed by atoms with E-state index in [2.05, 4.69) is 25.2 Å². The van der Waals surface area contributed by atoms with Crippen LogP contribution >= 0.6 is 27.3 Å². The summed E-state index contributed by atoms with van der Waals surface area (Å²) in [4.78, 5) is 33.3. The minimum absolute atomic E-state index is 0.0540. The van der Waals surface area contributed by atoms with Crippen LogP contribution in [0.3, 0.4) is 0 Å². The van der Waals surface area contributed by atoms with Gasteiger partial charge in [-0.1, -0.05) is 15.9 Å². The molecule has 10 heteroatoms. The van der Waals surface area contributed by atoms with Gasteiger partial charge in [-0.15, -0.1) is 11.3 Å². The molecule has 0 N–H and O–H groups in total. The van der Waals surface area contributed by atoms with Crippen molar-refractivity contribution in [2.24, 2.45) is 0 Å². The van der Waals surface area contributed by atoms with Crippen molar-refractivity contribution in [1.29, 1.82) is 0 Å². The molecule has 1 fully saturated rings. The number of benzene rings is 2. The van der Waals surface area contributed by atoms with Crippen molar-refractivity contribution in [3.05, 3.63) is 86.0 Å². The molecule has 3 heterocycles. The summed E-state index contributed by atoms with van der Waals surface area (Å²) in [6.45, 7) is 3.53. The fraction of sp³-hybridized carbons (Fsp3) is 0.217. The fourth-order valence-electron chi connectivity index (χ4n) is 4.05. The standard InChI is InChI=1S/C23H20BrN5O3S/c24-18-5-1-17(2-6-18)22(30)27-11-9-26(10-12-27)15-20-21(25-23-28(20)13-14-33-23)16-3-7-19(8-4-16)29(31)32/h1-8,13-14H,9-12,15H2. The lowest BCUT2D eigenvalue weighted by atomic mass is 10.1. The van der Waals surface area contributed by atoms with E-state index in [0.29, 0.717) is 25.2 Å². The number of non-ortho nitro benzene ring substituents is 1. The Kier molecular flexibility index (Phi) is 5.96. The molecule has 168 valence electrons. The van der Waals surface area contributed by atoms with Crippen LogP contribution in [-0.2, 0) is 6.54 Å². The van der Waals surface area contributed by atoms with Crippen LogP contribution in [-0.4, -0.2) is 56.2 Å². The normalized spacial score (nSPS) is 14.6. The minimum Gasteiger partial charge on any atom is -0.336 e. The summed E-state index contributed by atoms with van der Waals surface area (Å²) in [6, 6.07) is 14.0. The van der Waals surface area contributed by atoms with Gasteiger partial charge in [0.2, 0.25) is 0 Å². The molecule has 1 saturated heterocycles. The summed E-state index contributed by atoms with van der Waals surface area (Å²) >= 11 is 4.96. The summed E-state index contributed by atoms with van der Waals surface area (Å²) in [5.41, 5.74) is 3.50. The topological polar surface area (TPSA) is 84.0 Å². The molecule has 5 rings (SSSR count). The zero-order valence-electron chi connectivity index (χ0n) is 17.6. The molecule has 33 heavy (non-hydrogen) atoms. The van der Waals surface area contributed by atoms with Gasteiger partial charge >= 0.3 is 0 Å². The van der Waals surface area contributed by atoms with Crippen molar-refractivity contribution in [2.75, 3.05) is 26.2 Å². The average Bonchev–Trinajstić information content (AvgIpc) is 3.42. The largest absolute Gasteiger partial charge is 0.336 e. The second-order valence-electron chi connectivity index (χ2n) is 7.84. The predicted octanol–water partition coefficient (Wildman–Crippen LogP) is 4.69. The van der Waals surface area contributed by atoms with E-state index in [-0.39, 0.29) is 11.6 Å². The van der Waals surface area contributed by atoms with E-state index < -0.39 is 4.92 Å². The van der Waals surface area contributed by atoms with Crippen molar-refractivity contribution in [3.63, 3.8) is 0 Å². The molecular weight excluding hydrogens is 506 g/mol. The van der Waals surface area contributed by atoms with E-state index >= 15 is 0 Å². The number of fused-ring (bicyclic) bond motifs is 1. The maximum Gasteiger partial charge on any atom is 0.269 e. The number of hydrogen-bond donors (Lipinski definition) is 0. The Hall–Kier alpha value is -3.08. The van der Waals surface area contributed by atoms with Gasteiger partial charge in [-0.05, 0) is 36.4 Å². The SMILES string of the molecule is O=C(c1ccc(Br)cc1)N1CCN(Cc2c(-c3ccc([N+](=O)[O-])cc3)nc3sccn23)CC1. The van der Waals surface area contributed by atoms with E-state index in [1.165, 1.54) is 12.1 Å². The van der Waals surface area contributed by atoms with E-state index in [4.69, 9.17) is 4.98 Å². The highest BCUT2D eigenvalue weighted by molar-refractivity contribution is 9.10. The molecule has 0 radical (unpaired) electrons. The van der Waals surface area contributed by atoms with Crippen molar-refractivity contribution >= 4 is 43.8 Å². The van der Waals surface area contributed by atoms with Crippen LogP contribution in [0.5, 0.6) is 0 Å². The minimum atomic E-state index is -0.397. The molecule has 2 aromatic heterocycles. The first-order chi connectivity index (χ1) is 16.0. The molecule has 0 spiro atoms. The monoisotopic (exact) mass is 525 g/mol. The van der Waals surface area contributed by atoms with Crippen LogP contribution in [0.2, 0.25) is 0 Å². The van der Waals surface area contributed by atoms with E-state index in [1.54, 1.807) is 23.5 Å². The van der Waals surface area contributed by atoms with Gasteiger partial charge in [-0.2, -0.15) is 0 Å². The van der Waals surface area contributed by atoms with Crippen LogP contribution in [0.15, 0.2) is 64.6 Å². The molecule has 1 amide bonds. The van der Waals surface area contributed by atoms with Crippen molar-refractivity contribution in [1.82, 2.24) is 19.2 Å². The average molecular weight is 526 g/mol. The van der Waals surface area contributed by atoms with Crippen LogP contribution < -0.4 is 0 Å². The first-order valence-corrected chi connectivity index (χ1v) is 12.1. The van der Waals surface area contributed by atoms with Crippen LogP contribution in [0.4, 0.5) is 5.69 Å². The molecular formula is C23H20BrN5O3S. The number of nitro groups is 1. The number of rotatable bonds is 5. The molecule has 1 aliphatic heterocycles. The number of amides is 1. The quantitative estimate of drug-likeness (QED) is 0.278. The number of nitrogens with zero attached hydrogens (tertiary/aromatic N) is 5. The summed E-state index contributed by atoms with van der Waals surface area (Å²) in [5.74, 6) is 0.0540. The summed E-state index contributed by atoms with van der Waals surface area (Å²) in [5, 5.41) is 13.0. The van der Waals surface area contributed by atoms with Gasteiger partial charge in [-0.25, -0.2) is 4.98 Å². The lowest BCUT2D eigenvalue weighted by Crippen LogP contribution is -2.48. The Morgan fingerprint density at radius 2 is 1.76 bits per heavy atom. The van der Waals surface area contributed by atoms with Gasteiger partial charge in [0.25, 0.3) is 11.6 Å². The molecule has 0 aliphatic carbocycles. The van der Waals surface area contributed by atoms with Gasteiger partial charge in [0.1, 0.15) is 0 Å². The highest BCUT2D eigenvalue weighted by Gasteiger charge is 2.25. The highest BCUT2D eigenvalue weighted by atomic mass is 79.9. The molecule has 0 bridgehead atoms. The van der Waals surface area contributed by atoms with E-state index in [1.807, 2.05) is 40.7 Å². The molecule has 1 aliphatic rings. The molecule has 4 aromatic rings. The van der Waals surface area contributed by atoms with Crippen molar-refractivity contribution < 1.29 is 9.72 Å². The number of halogens is 1. The number of carbonyl (C=O) groups excluding carboxylic acids is 1. The highest BCUT2D eigenvalue weighted by Crippen LogP contribution is 2.29. The molecule has 2 aromatic carbocycles. The van der Waals surface area contributed by atoms with Crippen LogP contribution in [0, 0.1) is 10.1 Å². The van der Waals surface area contributed by atoms with Crippen molar-refractivity contribution in [3.8, 4) is 11.3 Å². The number of nitro benzene ring substituents is 1. The summed E-state index contributed by atoms with van der Waals surface area (Å²) in [6.07, 6.45) is 2.00. The lowest BCUT2D eigenvalue weighted by Gasteiger charge is -2.34. The van der Waals surface area contributed by atoms with E-state index in [9.17, 15) is 14.9 Å². The van der Waals surface area contributed by atoms with Gasteiger partial charge in [0.05, 0.1) is 16.3 Å². The van der Waals surface area contributed by atoms with Gasteiger partial charge in [0, 0.05) is 72.0 Å². The predicted molar refractivity (Wildman–Crippen MR) is 130 cm³/mol. The van der Waals surface area contributed by atoms with E-state index in [0.717, 1.165) is 39.5 Å². The Morgan fingerprint density at radius 3 is 2.42 bits per heavy atom. The Balaban J connectivity index is 1.32. The third-order valence-electron chi connectivity index (χ3n) is 5.84. The zero-order chi connectivity index (χ0) is 22.9. The first-order valence-electron chi connectivity index (χ1n) is 10.5. The number of aromatic nitrogens is 2. The lowest BCUT2D eigenvalue weighted by molar-refractivity contribution is -0.384.